The molecule has 0 radical (unpaired) electrons. The van der Waals surface area contributed by atoms with E-state index in [-0.39, 0.29) is 11.8 Å². The topological polar surface area (TPSA) is 84.5 Å². The van der Waals surface area contributed by atoms with E-state index in [9.17, 15) is 14.4 Å². The van der Waals surface area contributed by atoms with Crippen LogP contribution in [0.2, 0.25) is 0 Å². The summed E-state index contributed by atoms with van der Waals surface area (Å²) in [5.74, 6) is -0.828. The molecule has 27 heavy (non-hydrogen) atoms. The van der Waals surface area contributed by atoms with Gasteiger partial charge in [0.25, 0.3) is 0 Å². The molecule has 0 aliphatic carbocycles. The number of hydrogen-bond donors (Lipinski definition) is 2. The lowest BCUT2D eigenvalue weighted by Gasteiger charge is -2.03. The number of methoxy groups -OCH3 is 1. The van der Waals surface area contributed by atoms with Gasteiger partial charge in [0.05, 0.1) is 7.11 Å². The van der Waals surface area contributed by atoms with E-state index in [1.807, 2.05) is 0 Å². The normalized spacial score (nSPS) is 10.7. The second-order valence-corrected chi connectivity index (χ2v) is 5.60. The molecule has 0 aliphatic heterocycles. The second kappa shape index (κ2) is 9.72. The van der Waals surface area contributed by atoms with E-state index in [4.69, 9.17) is 0 Å². The van der Waals surface area contributed by atoms with Crippen LogP contribution in [-0.4, -0.2) is 24.9 Å². The molecule has 0 saturated heterocycles. The van der Waals surface area contributed by atoms with Crippen LogP contribution < -0.4 is 10.6 Å². The number of carbonyl (C=O) groups is 3. The minimum atomic E-state index is -0.428. The molecule has 6 heteroatoms. The van der Waals surface area contributed by atoms with Crippen molar-refractivity contribution in [1.29, 1.82) is 0 Å². The third kappa shape index (κ3) is 6.99. The summed E-state index contributed by atoms with van der Waals surface area (Å²) in [6.07, 6.45) is 6.06. The molecule has 0 unspecified atom stereocenters. The predicted octanol–water partition coefficient (Wildman–Crippen LogP) is 3.48. The third-order valence-electron chi connectivity index (χ3n) is 3.45. The van der Waals surface area contributed by atoms with Crippen LogP contribution in [0.1, 0.15) is 18.1 Å². The quantitative estimate of drug-likeness (QED) is 0.607. The van der Waals surface area contributed by atoms with Gasteiger partial charge in [0.2, 0.25) is 11.8 Å². The largest absolute Gasteiger partial charge is 0.466 e. The molecule has 0 aromatic heterocycles. The smallest absolute Gasteiger partial charge is 0.330 e. The Morgan fingerprint density at radius 2 is 1.26 bits per heavy atom. The third-order valence-corrected chi connectivity index (χ3v) is 3.45. The minimum Gasteiger partial charge on any atom is -0.466 e. The van der Waals surface area contributed by atoms with Gasteiger partial charge in [0.1, 0.15) is 0 Å². The van der Waals surface area contributed by atoms with E-state index >= 15 is 0 Å². The van der Waals surface area contributed by atoms with Gasteiger partial charge in [0, 0.05) is 30.5 Å². The van der Waals surface area contributed by atoms with Crippen molar-refractivity contribution >= 4 is 41.3 Å². The van der Waals surface area contributed by atoms with Crippen molar-refractivity contribution in [2.75, 3.05) is 17.7 Å². The monoisotopic (exact) mass is 364 g/mol. The van der Waals surface area contributed by atoms with Crippen LogP contribution in [0.15, 0.2) is 60.7 Å². The zero-order valence-electron chi connectivity index (χ0n) is 15.1. The molecule has 2 amide bonds. The molecule has 0 atom stereocenters. The Balaban J connectivity index is 1.91. The summed E-state index contributed by atoms with van der Waals surface area (Å²) in [4.78, 5) is 34.1. The number of rotatable bonds is 6. The Kier molecular flexibility index (Phi) is 7.07. The lowest BCUT2D eigenvalue weighted by molar-refractivity contribution is -0.134. The van der Waals surface area contributed by atoms with E-state index in [0.717, 1.165) is 11.1 Å². The van der Waals surface area contributed by atoms with Crippen LogP contribution in [0.3, 0.4) is 0 Å². The van der Waals surface area contributed by atoms with Crippen LogP contribution >= 0.6 is 0 Å². The maximum Gasteiger partial charge on any atom is 0.330 e. The van der Waals surface area contributed by atoms with Crippen LogP contribution in [-0.2, 0) is 19.1 Å². The Morgan fingerprint density at radius 3 is 1.74 bits per heavy atom. The lowest BCUT2D eigenvalue weighted by atomic mass is 10.2. The number of esters is 1. The first-order valence-corrected chi connectivity index (χ1v) is 8.19. The van der Waals surface area contributed by atoms with Gasteiger partial charge in [-0.25, -0.2) is 4.79 Å². The molecular formula is C21H20N2O4. The van der Waals surface area contributed by atoms with Crippen molar-refractivity contribution in [2.45, 2.75) is 6.92 Å². The van der Waals surface area contributed by atoms with Gasteiger partial charge in [-0.15, -0.1) is 0 Å². The van der Waals surface area contributed by atoms with Gasteiger partial charge in [0.15, 0.2) is 0 Å². The summed E-state index contributed by atoms with van der Waals surface area (Å²) in [6.45, 7) is 1.44. The number of carbonyl (C=O) groups excluding carboxylic acids is 3. The highest BCUT2D eigenvalue weighted by Gasteiger charge is 1.99. The molecule has 138 valence electrons. The molecule has 0 spiro atoms. The van der Waals surface area contributed by atoms with Crippen molar-refractivity contribution in [3.63, 3.8) is 0 Å². The molecular weight excluding hydrogens is 344 g/mol. The molecule has 0 fully saturated rings. The number of amides is 2. The van der Waals surface area contributed by atoms with Crippen molar-refractivity contribution in [3.05, 3.63) is 71.8 Å². The minimum absolute atomic E-state index is 0.135. The van der Waals surface area contributed by atoms with Crippen LogP contribution in [0, 0.1) is 0 Å². The van der Waals surface area contributed by atoms with Gasteiger partial charge < -0.3 is 15.4 Å². The molecule has 0 aliphatic rings. The van der Waals surface area contributed by atoms with Crippen LogP contribution in [0.4, 0.5) is 11.4 Å². The maximum atomic E-state index is 12.0. The average molecular weight is 364 g/mol. The Hall–Kier alpha value is -3.67. The molecule has 0 heterocycles. The SMILES string of the molecule is COC(=O)/C=C/c1ccc(NC(=O)/C=C/c2ccc(NC(C)=O)cc2)cc1. The summed E-state index contributed by atoms with van der Waals surface area (Å²) < 4.78 is 4.53. The highest BCUT2D eigenvalue weighted by molar-refractivity contribution is 6.02. The highest BCUT2D eigenvalue weighted by Crippen LogP contribution is 2.13. The summed E-state index contributed by atoms with van der Waals surface area (Å²) in [5, 5.41) is 5.43. The van der Waals surface area contributed by atoms with E-state index in [2.05, 4.69) is 15.4 Å². The van der Waals surface area contributed by atoms with E-state index in [1.54, 1.807) is 60.7 Å². The summed E-state index contributed by atoms with van der Waals surface area (Å²) in [7, 11) is 1.32. The molecule has 2 aromatic carbocycles. The standard InChI is InChI=1S/C21H20N2O4/c1-15(24)22-18-9-3-16(4-10-18)7-13-20(25)23-19-11-5-17(6-12-19)8-14-21(26)27-2/h3-14H,1-2H3,(H,22,24)(H,23,25)/b13-7+,14-8+. The van der Waals surface area contributed by atoms with Crippen LogP contribution in [0.5, 0.6) is 0 Å². The second-order valence-electron chi connectivity index (χ2n) is 5.60. The van der Waals surface area contributed by atoms with E-state index < -0.39 is 5.97 Å². The van der Waals surface area contributed by atoms with Gasteiger partial charge in [-0.3, -0.25) is 9.59 Å². The summed E-state index contributed by atoms with van der Waals surface area (Å²) in [6, 6.07) is 14.2. The van der Waals surface area contributed by atoms with Crippen molar-refractivity contribution in [3.8, 4) is 0 Å². The van der Waals surface area contributed by atoms with Crippen molar-refractivity contribution < 1.29 is 19.1 Å². The van der Waals surface area contributed by atoms with Gasteiger partial charge in [-0.2, -0.15) is 0 Å². The fourth-order valence-corrected chi connectivity index (χ4v) is 2.15. The fourth-order valence-electron chi connectivity index (χ4n) is 2.15. The number of hydrogen-bond acceptors (Lipinski definition) is 4. The number of nitrogens with one attached hydrogen (secondary N) is 2. The molecule has 0 saturated carbocycles. The molecule has 0 bridgehead atoms. The number of benzene rings is 2. The van der Waals surface area contributed by atoms with E-state index in [1.165, 1.54) is 26.2 Å². The Morgan fingerprint density at radius 1 is 0.778 bits per heavy atom. The van der Waals surface area contributed by atoms with Gasteiger partial charge in [-0.1, -0.05) is 24.3 Å². The number of anilines is 2. The number of ether oxygens (including phenoxy) is 1. The van der Waals surface area contributed by atoms with Gasteiger partial charge >= 0.3 is 5.97 Å². The summed E-state index contributed by atoms with van der Waals surface area (Å²) >= 11 is 0. The highest BCUT2D eigenvalue weighted by atomic mass is 16.5. The first kappa shape index (κ1) is 19.7. The molecule has 6 nitrogen and oxygen atoms in total. The first-order valence-electron chi connectivity index (χ1n) is 8.19. The maximum absolute atomic E-state index is 12.0. The van der Waals surface area contributed by atoms with Crippen molar-refractivity contribution in [1.82, 2.24) is 0 Å². The zero-order valence-corrected chi connectivity index (χ0v) is 15.1. The Labute approximate surface area is 157 Å². The zero-order chi connectivity index (χ0) is 19.6. The van der Waals surface area contributed by atoms with Crippen LogP contribution in [0.25, 0.3) is 12.2 Å². The fraction of sp³-hybridized carbons (Fsp3) is 0.0952. The lowest BCUT2D eigenvalue weighted by Crippen LogP contribution is -2.07. The summed E-state index contributed by atoms with van der Waals surface area (Å²) in [5.41, 5.74) is 2.99. The molecule has 2 aromatic rings. The predicted molar refractivity (Wildman–Crippen MR) is 106 cm³/mol. The molecule has 2 rings (SSSR count). The van der Waals surface area contributed by atoms with Crippen molar-refractivity contribution in [2.24, 2.45) is 0 Å². The Bertz CT molecular complexity index is 866. The molecule has 2 N–H and O–H groups in total. The van der Waals surface area contributed by atoms with E-state index in [0.29, 0.717) is 11.4 Å². The average Bonchev–Trinajstić information content (AvgIpc) is 2.66. The first-order chi connectivity index (χ1) is 13.0. The van der Waals surface area contributed by atoms with Gasteiger partial charge in [-0.05, 0) is 47.5 Å².